The SMILES string of the molecule is O=C(C=Cc1c(F)cccc1Cl)N1CCN(c2ccc(F)cc2)CC1. The fraction of sp³-hybridized carbons (Fsp3) is 0.211. The van der Waals surface area contributed by atoms with Crippen molar-refractivity contribution < 1.29 is 13.6 Å². The van der Waals surface area contributed by atoms with Gasteiger partial charge in [0.25, 0.3) is 0 Å². The van der Waals surface area contributed by atoms with E-state index in [2.05, 4.69) is 4.90 Å². The first-order chi connectivity index (χ1) is 12.0. The van der Waals surface area contributed by atoms with E-state index in [9.17, 15) is 13.6 Å². The minimum Gasteiger partial charge on any atom is -0.368 e. The molecule has 1 saturated heterocycles. The summed E-state index contributed by atoms with van der Waals surface area (Å²) in [6.07, 6.45) is 2.75. The lowest BCUT2D eigenvalue weighted by atomic mass is 10.2. The van der Waals surface area contributed by atoms with Crippen LogP contribution in [0.1, 0.15) is 5.56 Å². The number of anilines is 1. The number of carbonyl (C=O) groups is 1. The van der Waals surface area contributed by atoms with Gasteiger partial charge in [-0.1, -0.05) is 17.7 Å². The van der Waals surface area contributed by atoms with E-state index in [0.29, 0.717) is 26.2 Å². The monoisotopic (exact) mass is 362 g/mol. The lowest BCUT2D eigenvalue weighted by molar-refractivity contribution is -0.126. The number of halogens is 3. The summed E-state index contributed by atoms with van der Waals surface area (Å²) >= 11 is 5.95. The Labute approximate surface area is 150 Å². The van der Waals surface area contributed by atoms with Gasteiger partial charge >= 0.3 is 0 Å². The topological polar surface area (TPSA) is 23.6 Å². The molecule has 0 aromatic heterocycles. The smallest absolute Gasteiger partial charge is 0.246 e. The van der Waals surface area contributed by atoms with Gasteiger partial charge in [-0.3, -0.25) is 4.79 Å². The lowest BCUT2D eigenvalue weighted by Crippen LogP contribution is -2.48. The Morgan fingerprint density at radius 2 is 1.68 bits per heavy atom. The first-order valence-electron chi connectivity index (χ1n) is 7.96. The standard InChI is InChI=1S/C19H17ClF2N2O/c20-17-2-1-3-18(22)16(17)8-9-19(25)24-12-10-23(11-13-24)15-6-4-14(21)5-7-15/h1-9H,10-13H2. The van der Waals surface area contributed by atoms with Gasteiger partial charge in [-0.25, -0.2) is 8.78 Å². The van der Waals surface area contributed by atoms with Crippen molar-refractivity contribution in [3.63, 3.8) is 0 Å². The molecule has 1 aliphatic rings. The van der Waals surface area contributed by atoms with Crippen LogP contribution in [0, 0.1) is 11.6 Å². The number of amides is 1. The molecule has 2 aromatic carbocycles. The van der Waals surface area contributed by atoms with Gasteiger partial charge in [0.05, 0.1) is 5.02 Å². The molecular weight excluding hydrogens is 346 g/mol. The average molecular weight is 363 g/mol. The van der Waals surface area contributed by atoms with E-state index in [-0.39, 0.29) is 22.3 Å². The fourth-order valence-electron chi connectivity index (χ4n) is 2.77. The first-order valence-corrected chi connectivity index (χ1v) is 8.34. The van der Waals surface area contributed by atoms with Gasteiger partial charge in [0.1, 0.15) is 11.6 Å². The molecule has 3 rings (SSSR count). The number of hydrogen-bond acceptors (Lipinski definition) is 2. The zero-order chi connectivity index (χ0) is 17.8. The summed E-state index contributed by atoms with van der Waals surface area (Å²) in [5, 5.41) is 0.269. The number of benzene rings is 2. The average Bonchev–Trinajstić information content (AvgIpc) is 2.62. The summed E-state index contributed by atoms with van der Waals surface area (Å²) in [5.41, 5.74) is 1.14. The second-order valence-corrected chi connectivity index (χ2v) is 6.16. The van der Waals surface area contributed by atoms with Crippen LogP contribution in [0.25, 0.3) is 6.08 Å². The van der Waals surface area contributed by atoms with Crippen molar-refractivity contribution in [2.45, 2.75) is 0 Å². The molecule has 3 nitrogen and oxygen atoms in total. The number of hydrogen-bond donors (Lipinski definition) is 0. The highest BCUT2D eigenvalue weighted by atomic mass is 35.5. The van der Waals surface area contributed by atoms with Crippen LogP contribution < -0.4 is 4.90 Å². The van der Waals surface area contributed by atoms with Crippen LogP contribution in [0.4, 0.5) is 14.5 Å². The Morgan fingerprint density at radius 3 is 2.32 bits per heavy atom. The first kappa shape index (κ1) is 17.4. The van der Waals surface area contributed by atoms with Gasteiger partial charge in [0.2, 0.25) is 5.91 Å². The van der Waals surface area contributed by atoms with E-state index < -0.39 is 5.82 Å². The Bertz CT molecular complexity index is 764. The van der Waals surface area contributed by atoms with E-state index in [1.807, 2.05) is 0 Å². The number of rotatable bonds is 3. The van der Waals surface area contributed by atoms with Crippen molar-refractivity contribution in [1.29, 1.82) is 0 Å². The Morgan fingerprint density at radius 1 is 1.00 bits per heavy atom. The molecule has 6 heteroatoms. The van der Waals surface area contributed by atoms with E-state index in [0.717, 1.165) is 5.69 Å². The van der Waals surface area contributed by atoms with Crippen LogP contribution in [-0.2, 0) is 4.79 Å². The predicted octanol–water partition coefficient (Wildman–Crippen LogP) is 3.98. The molecule has 2 aromatic rings. The molecule has 0 bridgehead atoms. The van der Waals surface area contributed by atoms with E-state index in [1.165, 1.54) is 36.4 Å². The number of piperazine rings is 1. The molecule has 0 N–H and O–H groups in total. The van der Waals surface area contributed by atoms with Crippen LogP contribution in [0.3, 0.4) is 0 Å². The maximum Gasteiger partial charge on any atom is 0.246 e. The third-order valence-electron chi connectivity index (χ3n) is 4.18. The Balaban J connectivity index is 1.60. The maximum atomic E-state index is 13.7. The van der Waals surface area contributed by atoms with E-state index >= 15 is 0 Å². The number of carbonyl (C=O) groups excluding carboxylic acids is 1. The van der Waals surface area contributed by atoms with E-state index in [4.69, 9.17) is 11.6 Å². The molecule has 0 aliphatic carbocycles. The summed E-state index contributed by atoms with van der Waals surface area (Å²) < 4.78 is 26.7. The van der Waals surface area contributed by atoms with Crippen LogP contribution in [0.15, 0.2) is 48.5 Å². The van der Waals surface area contributed by atoms with E-state index in [1.54, 1.807) is 23.1 Å². The summed E-state index contributed by atoms with van der Waals surface area (Å²) in [6, 6.07) is 10.7. The molecule has 1 fully saturated rings. The molecule has 1 amide bonds. The van der Waals surface area contributed by atoms with Crippen molar-refractivity contribution in [3.8, 4) is 0 Å². The van der Waals surface area contributed by atoms with Crippen LogP contribution in [0.5, 0.6) is 0 Å². The van der Waals surface area contributed by atoms with Crippen molar-refractivity contribution in [1.82, 2.24) is 4.90 Å². The summed E-state index contributed by atoms with van der Waals surface area (Å²) in [5.74, 6) is -0.912. The molecule has 1 heterocycles. The van der Waals surface area contributed by atoms with Gasteiger partial charge in [0.15, 0.2) is 0 Å². The zero-order valence-corrected chi connectivity index (χ0v) is 14.2. The third-order valence-corrected chi connectivity index (χ3v) is 4.50. The van der Waals surface area contributed by atoms with Crippen molar-refractivity contribution in [3.05, 3.63) is 70.8 Å². The molecule has 0 radical (unpaired) electrons. The van der Waals surface area contributed by atoms with Crippen LogP contribution in [0.2, 0.25) is 5.02 Å². The highest BCUT2D eigenvalue weighted by Gasteiger charge is 2.20. The normalized spacial score (nSPS) is 15.0. The van der Waals surface area contributed by atoms with Gasteiger partial charge in [-0.05, 0) is 42.5 Å². The predicted molar refractivity (Wildman–Crippen MR) is 95.6 cm³/mol. The molecule has 0 spiro atoms. The quantitative estimate of drug-likeness (QED) is 0.771. The van der Waals surface area contributed by atoms with Crippen LogP contribution >= 0.6 is 11.6 Å². The van der Waals surface area contributed by atoms with Crippen molar-refractivity contribution in [2.75, 3.05) is 31.1 Å². The van der Waals surface area contributed by atoms with Crippen molar-refractivity contribution in [2.24, 2.45) is 0 Å². The summed E-state index contributed by atoms with van der Waals surface area (Å²) in [7, 11) is 0. The summed E-state index contributed by atoms with van der Waals surface area (Å²) in [4.78, 5) is 16.1. The third kappa shape index (κ3) is 4.17. The number of nitrogens with zero attached hydrogens (tertiary/aromatic N) is 2. The van der Waals surface area contributed by atoms with Crippen LogP contribution in [-0.4, -0.2) is 37.0 Å². The summed E-state index contributed by atoms with van der Waals surface area (Å²) in [6.45, 7) is 2.41. The molecule has 25 heavy (non-hydrogen) atoms. The lowest BCUT2D eigenvalue weighted by Gasteiger charge is -2.35. The van der Waals surface area contributed by atoms with Gasteiger partial charge in [0, 0.05) is 43.5 Å². The second kappa shape index (κ2) is 7.66. The molecule has 130 valence electrons. The Kier molecular flexibility index (Phi) is 5.34. The van der Waals surface area contributed by atoms with Gasteiger partial charge in [-0.2, -0.15) is 0 Å². The fourth-order valence-corrected chi connectivity index (χ4v) is 2.99. The molecule has 0 unspecified atom stereocenters. The van der Waals surface area contributed by atoms with Gasteiger partial charge in [-0.15, -0.1) is 0 Å². The largest absolute Gasteiger partial charge is 0.368 e. The minimum atomic E-state index is -0.460. The minimum absolute atomic E-state index is 0.182. The maximum absolute atomic E-state index is 13.7. The highest BCUT2D eigenvalue weighted by Crippen LogP contribution is 2.21. The van der Waals surface area contributed by atoms with Crippen molar-refractivity contribution >= 4 is 29.3 Å². The van der Waals surface area contributed by atoms with Gasteiger partial charge < -0.3 is 9.80 Å². The zero-order valence-electron chi connectivity index (χ0n) is 13.5. The molecule has 0 saturated carbocycles. The molecule has 1 aliphatic heterocycles. The Hall–Kier alpha value is -2.40. The highest BCUT2D eigenvalue weighted by molar-refractivity contribution is 6.32. The molecular formula is C19H17ClF2N2O. The molecule has 0 atom stereocenters. The second-order valence-electron chi connectivity index (χ2n) is 5.76.